The van der Waals surface area contributed by atoms with Crippen molar-refractivity contribution >= 4 is 11.6 Å². The summed E-state index contributed by atoms with van der Waals surface area (Å²) in [4.78, 5) is 0. The molecule has 0 radical (unpaired) electrons. The minimum absolute atomic E-state index is 0.0200. The first kappa shape index (κ1) is 13.1. The zero-order chi connectivity index (χ0) is 12.3. The predicted octanol–water partition coefficient (Wildman–Crippen LogP) is 4.51. The van der Waals surface area contributed by atoms with Crippen LogP contribution in [-0.4, -0.2) is 6.61 Å². The van der Waals surface area contributed by atoms with E-state index in [1.807, 2.05) is 13.0 Å². The van der Waals surface area contributed by atoms with Crippen molar-refractivity contribution in [3.63, 3.8) is 0 Å². The maximum Gasteiger partial charge on any atom is 0.142 e. The topological polar surface area (TPSA) is 9.23 Å². The smallest absolute Gasteiger partial charge is 0.142 e. The Morgan fingerprint density at radius 2 is 2.00 bits per heavy atom. The normalized spacial score (nSPS) is 11.3. The second-order valence-corrected chi connectivity index (χ2v) is 5.38. The van der Waals surface area contributed by atoms with Crippen molar-refractivity contribution in [1.82, 2.24) is 0 Å². The Morgan fingerprint density at radius 1 is 1.38 bits per heavy atom. The van der Waals surface area contributed by atoms with E-state index in [1.54, 1.807) is 6.08 Å². The van der Waals surface area contributed by atoms with Crippen molar-refractivity contribution in [3.8, 4) is 5.75 Å². The second-order valence-electron chi connectivity index (χ2n) is 4.97. The first-order valence-corrected chi connectivity index (χ1v) is 5.78. The van der Waals surface area contributed by atoms with Crippen LogP contribution >= 0.6 is 11.6 Å². The molecule has 0 aliphatic rings. The number of benzene rings is 1. The molecule has 0 amide bonds. The van der Waals surface area contributed by atoms with E-state index in [9.17, 15) is 0 Å². The fraction of sp³-hybridized carbons (Fsp3) is 0.429. The van der Waals surface area contributed by atoms with Crippen LogP contribution in [0.3, 0.4) is 0 Å². The molecule has 0 aliphatic carbocycles. The van der Waals surface area contributed by atoms with Gasteiger partial charge in [-0.3, -0.25) is 0 Å². The van der Waals surface area contributed by atoms with Crippen molar-refractivity contribution in [2.75, 3.05) is 6.61 Å². The zero-order valence-corrected chi connectivity index (χ0v) is 11.2. The van der Waals surface area contributed by atoms with Crippen LogP contribution in [0.15, 0.2) is 24.8 Å². The molecule has 0 aliphatic heterocycles. The molecule has 0 saturated carbocycles. The molecule has 88 valence electrons. The Labute approximate surface area is 103 Å². The molecule has 1 rings (SSSR count). The van der Waals surface area contributed by atoms with Gasteiger partial charge in [0.1, 0.15) is 12.4 Å². The summed E-state index contributed by atoms with van der Waals surface area (Å²) in [6.07, 6.45) is 1.72. The molecule has 0 saturated heterocycles. The highest BCUT2D eigenvalue weighted by Crippen LogP contribution is 2.37. The Morgan fingerprint density at radius 3 is 2.50 bits per heavy atom. The summed E-state index contributed by atoms with van der Waals surface area (Å²) in [5.74, 6) is 0.777. The van der Waals surface area contributed by atoms with Gasteiger partial charge in [0, 0.05) is 5.56 Å². The van der Waals surface area contributed by atoms with Crippen molar-refractivity contribution < 1.29 is 4.74 Å². The molecule has 0 N–H and O–H groups in total. The molecule has 0 heterocycles. The molecule has 1 aromatic rings. The maximum atomic E-state index is 6.22. The van der Waals surface area contributed by atoms with Crippen LogP contribution in [0, 0.1) is 6.92 Å². The van der Waals surface area contributed by atoms with E-state index in [2.05, 4.69) is 33.4 Å². The Balaban J connectivity index is 3.26. The van der Waals surface area contributed by atoms with E-state index in [4.69, 9.17) is 16.3 Å². The van der Waals surface area contributed by atoms with Crippen LogP contribution in [0.25, 0.3) is 0 Å². The summed E-state index contributed by atoms with van der Waals surface area (Å²) >= 11 is 6.22. The van der Waals surface area contributed by atoms with Crippen molar-refractivity contribution in [3.05, 3.63) is 40.9 Å². The quantitative estimate of drug-likeness (QED) is 0.704. The second kappa shape index (κ2) is 4.92. The van der Waals surface area contributed by atoms with Crippen LogP contribution < -0.4 is 4.74 Å². The van der Waals surface area contributed by atoms with E-state index >= 15 is 0 Å². The van der Waals surface area contributed by atoms with Gasteiger partial charge < -0.3 is 4.74 Å². The fourth-order valence-electron chi connectivity index (χ4n) is 1.58. The molecule has 0 unspecified atom stereocenters. The monoisotopic (exact) mass is 238 g/mol. The van der Waals surface area contributed by atoms with Crippen LogP contribution in [0.1, 0.15) is 31.9 Å². The minimum Gasteiger partial charge on any atom is -0.488 e. The number of aryl methyl sites for hydroxylation is 1. The molecule has 0 atom stereocenters. The Kier molecular flexibility index (Phi) is 4.03. The van der Waals surface area contributed by atoms with E-state index < -0.39 is 0 Å². The highest BCUT2D eigenvalue weighted by atomic mass is 35.5. The number of halogens is 1. The van der Waals surface area contributed by atoms with Crippen molar-refractivity contribution in [1.29, 1.82) is 0 Å². The van der Waals surface area contributed by atoms with Crippen LogP contribution in [0.2, 0.25) is 5.02 Å². The van der Waals surface area contributed by atoms with Gasteiger partial charge in [-0.2, -0.15) is 0 Å². The molecular formula is C14H19ClO. The molecule has 1 aromatic carbocycles. The lowest BCUT2D eigenvalue weighted by molar-refractivity contribution is 0.351. The van der Waals surface area contributed by atoms with Gasteiger partial charge in [0.2, 0.25) is 0 Å². The minimum atomic E-state index is 0.0200. The SMILES string of the molecule is C=CCOc1c(Cl)cc(C)cc1C(C)(C)C. The molecular weight excluding hydrogens is 220 g/mol. The van der Waals surface area contributed by atoms with E-state index in [0.717, 1.165) is 16.9 Å². The van der Waals surface area contributed by atoms with Gasteiger partial charge in [-0.05, 0) is 24.0 Å². The highest BCUT2D eigenvalue weighted by molar-refractivity contribution is 6.32. The summed E-state index contributed by atoms with van der Waals surface area (Å²) in [6.45, 7) is 12.6. The summed E-state index contributed by atoms with van der Waals surface area (Å²) in [5.41, 5.74) is 2.31. The van der Waals surface area contributed by atoms with E-state index in [-0.39, 0.29) is 5.41 Å². The van der Waals surface area contributed by atoms with Gasteiger partial charge in [-0.1, -0.05) is 51.1 Å². The van der Waals surface area contributed by atoms with Gasteiger partial charge in [-0.25, -0.2) is 0 Å². The lowest BCUT2D eigenvalue weighted by Gasteiger charge is -2.24. The number of hydrogen-bond acceptors (Lipinski definition) is 1. The van der Waals surface area contributed by atoms with E-state index in [1.165, 1.54) is 0 Å². The summed E-state index contributed by atoms with van der Waals surface area (Å²) < 4.78 is 5.65. The zero-order valence-electron chi connectivity index (χ0n) is 10.4. The number of rotatable bonds is 3. The first-order chi connectivity index (χ1) is 7.36. The predicted molar refractivity (Wildman–Crippen MR) is 70.6 cm³/mol. The molecule has 2 heteroatoms. The Hall–Kier alpha value is -0.950. The Bertz CT molecular complexity index is 388. The standard InChI is InChI=1S/C14H19ClO/c1-6-7-16-13-11(14(3,4)5)8-10(2)9-12(13)15/h6,8-9H,1,7H2,2-5H3. The van der Waals surface area contributed by atoms with Gasteiger partial charge in [0.05, 0.1) is 5.02 Å². The van der Waals surface area contributed by atoms with Crippen molar-refractivity contribution in [2.24, 2.45) is 0 Å². The third-order valence-corrected chi connectivity index (χ3v) is 2.62. The molecule has 0 bridgehead atoms. The molecule has 0 spiro atoms. The third kappa shape index (κ3) is 3.02. The summed E-state index contributed by atoms with van der Waals surface area (Å²) in [5, 5.41) is 0.673. The van der Waals surface area contributed by atoms with Gasteiger partial charge in [0.25, 0.3) is 0 Å². The van der Waals surface area contributed by atoms with Crippen LogP contribution in [0.5, 0.6) is 5.75 Å². The maximum absolute atomic E-state index is 6.22. The van der Waals surface area contributed by atoms with Gasteiger partial charge in [-0.15, -0.1) is 0 Å². The molecule has 1 nitrogen and oxygen atoms in total. The lowest BCUT2D eigenvalue weighted by atomic mass is 9.85. The summed E-state index contributed by atoms with van der Waals surface area (Å²) in [7, 11) is 0. The molecule has 0 fully saturated rings. The third-order valence-electron chi connectivity index (χ3n) is 2.34. The first-order valence-electron chi connectivity index (χ1n) is 5.40. The highest BCUT2D eigenvalue weighted by Gasteiger charge is 2.21. The lowest BCUT2D eigenvalue weighted by Crippen LogP contribution is -2.14. The van der Waals surface area contributed by atoms with Crippen LogP contribution in [-0.2, 0) is 5.41 Å². The van der Waals surface area contributed by atoms with E-state index in [0.29, 0.717) is 11.6 Å². The van der Waals surface area contributed by atoms with Gasteiger partial charge in [0.15, 0.2) is 0 Å². The number of ether oxygens (including phenoxy) is 1. The van der Waals surface area contributed by atoms with Crippen molar-refractivity contribution in [2.45, 2.75) is 33.1 Å². The number of hydrogen-bond donors (Lipinski definition) is 0. The fourth-order valence-corrected chi connectivity index (χ4v) is 1.90. The average Bonchev–Trinajstić information content (AvgIpc) is 2.14. The molecule has 0 aromatic heterocycles. The average molecular weight is 239 g/mol. The molecule has 16 heavy (non-hydrogen) atoms. The summed E-state index contributed by atoms with van der Waals surface area (Å²) in [6, 6.07) is 4.06. The van der Waals surface area contributed by atoms with Crippen LogP contribution in [0.4, 0.5) is 0 Å². The largest absolute Gasteiger partial charge is 0.488 e. The van der Waals surface area contributed by atoms with Gasteiger partial charge >= 0.3 is 0 Å².